The quantitative estimate of drug-likeness (QED) is 0.310. The van der Waals surface area contributed by atoms with Crippen LogP contribution in [0.1, 0.15) is 2.85 Å². The molecule has 0 aromatic carbocycles. The predicted octanol–water partition coefficient (Wildman–Crippen LogP) is -3.17. The molecule has 0 aliphatic carbocycles. The maximum atomic E-state index is 0. The van der Waals surface area contributed by atoms with Gasteiger partial charge in [0.2, 0.25) is 0 Å². The Morgan fingerprint density at radius 3 is 1.20 bits per heavy atom. The summed E-state index contributed by atoms with van der Waals surface area (Å²) in [6.45, 7) is 0. The molecular formula is H9AlCaMoPbSn. The molecule has 5 heavy (non-hydrogen) atoms. The van der Waals surface area contributed by atoms with Gasteiger partial charge in [-0.3, -0.25) is 0 Å². The second kappa shape index (κ2) is 24.1. The van der Waals surface area contributed by atoms with Gasteiger partial charge in [0.1, 0.15) is 0 Å². The van der Waals surface area contributed by atoms with Gasteiger partial charge in [-0.1, -0.05) is 0 Å². The van der Waals surface area contributed by atoms with Gasteiger partial charge in [-0.2, -0.15) is 0 Å². The van der Waals surface area contributed by atoms with Crippen molar-refractivity contribution in [1.82, 2.24) is 0 Å². The van der Waals surface area contributed by atoms with Crippen LogP contribution in [0.25, 0.3) is 0 Å². The van der Waals surface area contributed by atoms with E-state index in [2.05, 4.69) is 0 Å². The van der Waals surface area contributed by atoms with E-state index in [1.54, 1.807) is 0 Å². The van der Waals surface area contributed by atoms with E-state index in [9.17, 15) is 0 Å². The standard InChI is InChI=1S/Al.Ca.Mo.Pb.Sn.9H/q;+2;;;;;;;;;;;2*-1. The first-order chi connectivity index (χ1) is 0. The Hall–Kier alpha value is 4.20. The molecule has 28 valence electrons. The third-order valence-corrected chi connectivity index (χ3v) is 0. The van der Waals surface area contributed by atoms with Crippen molar-refractivity contribution in [2.24, 2.45) is 0 Å². The fourth-order valence-corrected chi connectivity index (χ4v) is 0. The molecule has 0 atom stereocenters. The van der Waals surface area contributed by atoms with Gasteiger partial charge < -0.3 is 2.85 Å². The molecule has 0 nitrogen and oxygen atoms in total. The summed E-state index contributed by atoms with van der Waals surface area (Å²) in [5, 5.41) is 0. The van der Waals surface area contributed by atoms with Gasteiger partial charge >= 0.3 is 88.9 Å². The van der Waals surface area contributed by atoms with Crippen molar-refractivity contribution < 1.29 is 23.9 Å². The predicted molar refractivity (Wildman–Crippen MR) is 35.0 cm³/mol. The summed E-state index contributed by atoms with van der Waals surface area (Å²) in [7, 11) is 0. The first-order valence-corrected chi connectivity index (χ1v) is 0. The summed E-state index contributed by atoms with van der Waals surface area (Å²) in [6, 6.07) is 0. The Labute approximate surface area is 127 Å². The third-order valence-electron chi connectivity index (χ3n) is 0. The van der Waals surface area contributed by atoms with Gasteiger partial charge in [-0.15, -0.1) is 0 Å². The molecule has 0 N–H and O–H groups in total. The van der Waals surface area contributed by atoms with Crippen molar-refractivity contribution in [2.75, 3.05) is 0 Å². The maximum absolute atomic E-state index is 0. The molecular weight excluding hydrogens is 489 g/mol. The Morgan fingerprint density at radius 2 is 1.20 bits per heavy atom. The molecule has 0 bridgehead atoms. The Kier molecular flexibility index (Phi) is 169. The monoisotopic (exact) mass is 502 g/mol. The van der Waals surface area contributed by atoms with Crippen molar-refractivity contribution >= 4 is 106 Å². The Morgan fingerprint density at radius 1 is 1.20 bits per heavy atom. The third kappa shape index (κ3) is 17.9. The van der Waals surface area contributed by atoms with Crippen molar-refractivity contribution in [1.29, 1.82) is 0 Å². The molecule has 0 unspecified atom stereocenters. The molecule has 0 aromatic rings. The molecule has 0 aromatic heterocycles. The molecule has 0 amide bonds. The topological polar surface area (TPSA) is 0 Å². The summed E-state index contributed by atoms with van der Waals surface area (Å²) in [5.74, 6) is 0. The van der Waals surface area contributed by atoms with Gasteiger partial charge in [0.05, 0.1) is 0 Å². The van der Waals surface area contributed by atoms with Gasteiger partial charge in [-0.25, -0.2) is 0 Å². The Balaban J connectivity index is 0. The summed E-state index contributed by atoms with van der Waals surface area (Å²) >= 11 is 0. The zero-order chi connectivity index (χ0) is 0. The van der Waals surface area contributed by atoms with Crippen LogP contribution in [0.5, 0.6) is 0 Å². The van der Waals surface area contributed by atoms with Crippen LogP contribution in [0.15, 0.2) is 0 Å². The second-order valence-corrected chi connectivity index (χ2v) is 0. The fourth-order valence-electron chi connectivity index (χ4n) is 0. The summed E-state index contributed by atoms with van der Waals surface area (Å²) in [6.07, 6.45) is 0. The van der Waals surface area contributed by atoms with Gasteiger partial charge in [0.15, 0.2) is 17.4 Å². The second-order valence-electron chi connectivity index (χ2n) is 0. The molecule has 0 rings (SSSR count). The van der Waals surface area contributed by atoms with E-state index in [0.717, 1.165) is 0 Å². The zero-order valence-corrected chi connectivity index (χ0v) is 16.3. The van der Waals surface area contributed by atoms with Crippen molar-refractivity contribution in [3.63, 3.8) is 0 Å². The molecule has 0 aliphatic heterocycles. The molecule has 5 heteroatoms. The van der Waals surface area contributed by atoms with Crippen LogP contribution in [-0.4, -0.2) is 106 Å². The molecule has 0 heterocycles. The van der Waals surface area contributed by atoms with Gasteiger partial charge in [0.25, 0.3) is 0 Å². The van der Waals surface area contributed by atoms with Crippen molar-refractivity contribution in [2.45, 2.75) is 0 Å². The minimum absolute atomic E-state index is 0. The molecule has 0 spiro atoms. The van der Waals surface area contributed by atoms with Crippen LogP contribution >= 0.6 is 0 Å². The summed E-state index contributed by atoms with van der Waals surface area (Å²) in [5.41, 5.74) is 0. The van der Waals surface area contributed by atoms with Crippen LogP contribution in [0.3, 0.4) is 0 Å². The van der Waals surface area contributed by atoms with E-state index < -0.39 is 0 Å². The van der Waals surface area contributed by atoms with Gasteiger partial charge in [0, 0.05) is 21.1 Å². The minimum atomic E-state index is 0. The van der Waals surface area contributed by atoms with Crippen molar-refractivity contribution in [3.05, 3.63) is 0 Å². The molecule has 0 saturated carbocycles. The average Bonchev–Trinajstić information content (AvgIpc) is 0. The van der Waals surface area contributed by atoms with Crippen LogP contribution in [-0.2, 0) is 21.1 Å². The first-order valence-electron chi connectivity index (χ1n) is 0. The average molecular weight is 498 g/mol. The van der Waals surface area contributed by atoms with E-state index in [0.29, 0.717) is 0 Å². The van der Waals surface area contributed by atoms with E-state index in [1.165, 1.54) is 0 Å². The summed E-state index contributed by atoms with van der Waals surface area (Å²) in [4.78, 5) is 0. The van der Waals surface area contributed by atoms with E-state index in [1.807, 2.05) is 0 Å². The molecule has 0 aliphatic rings. The molecule has 4 radical (unpaired) electrons. The number of hydrogen-bond acceptors (Lipinski definition) is 0. The Bertz CT molecular complexity index is 17.7. The van der Waals surface area contributed by atoms with Crippen LogP contribution < -0.4 is 0 Å². The van der Waals surface area contributed by atoms with E-state index in [-0.39, 0.29) is 130 Å². The normalized spacial score (nSPS) is 0. The SMILES string of the molecule is [AlH3].[Ca+2].[H-].[H-].[Mo].[PbH2].[SnH2]. The molecule has 0 fully saturated rings. The van der Waals surface area contributed by atoms with Crippen LogP contribution in [0.4, 0.5) is 0 Å². The number of hydrogen-bond donors (Lipinski definition) is 0. The van der Waals surface area contributed by atoms with Gasteiger partial charge in [-0.05, 0) is 0 Å². The van der Waals surface area contributed by atoms with E-state index >= 15 is 0 Å². The summed E-state index contributed by atoms with van der Waals surface area (Å²) < 4.78 is 0. The van der Waals surface area contributed by atoms with Crippen molar-refractivity contribution in [3.8, 4) is 0 Å². The van der Waals surface area contributed by atoms with E-state index in [4.69, 9.17) is 0 Å². The number of rotatable bonds is 0. The first kappa shape index (κ1) is 35.1. The van der Waals surface area contributed by atoms with Crippen LogP contribution in [0, 0.1) is 0 Å². The zero-order valence-electron chi connectivity index (χ0n) is 4.53. The fraction of sp³-hybridized carbons (Fsp3) is 0. The van der Waals surface area contributed by atoms with Crippen LogP contribution in [0.2, 0.25) is 0 Å². The molecule has 0 saturated heterocycles.